The van der Waals surface area contributed by atoms with Gasteiger partial charge in [0.15, 0.2) is 11.5 Å². The van der Waals surface area contributed by atoms with Gasteiger partial charge in [0.1, 0.15) is 6.29 Å². The molecule has 0 saturated heterocycles. The Morgan fingerprint density at radius 1 is 1.29 bits per heavy atom. The normalized spacial score (nSPS) is 11.9. The molecule has 2 rings (SSSR count). The SMILES string of the molecule is COc1cc(C=O)cc(C(C)CSc2ccccc2)c1O. The van der Waals surface area contributed by atoms with Gasteiger partial charge in [-0.3, -0.25) is 4.79 Å². The van der Waals surface area contributed by atoms with Crippen LogP contribution in [0.2, 0.25) is 0 Å². The van der Waals surface area contributed by atoms with Crippen LogP contribution < -0.4 is 4.74 Å². The zero-order valence-corrected chi connectivity index (χ0v) is 12.9. The van der Waals surface area contributed by atoms with Crippen LogP contribution in [0.3, 0.4) is 0 Å². The molecule has 0 bridgehead atoms. The lowest BCUT2D eigenvalue weighted by Crippen LogP contribution is -2.00. The number of phenols is 1. The molecule has 1 atom stereocenters. The number of carbonyl (C=O) groups excluding carboxylic acids is 1. The van der Waals surface area contributed by atoms with Crippen molar-refractivity contribution >= 4 is 18.0 Å². The van der Waals surface area contributed by atoms with Crippen molar-refractivity contribution in [3.05, 3.63) is 53.6 Å². The Labute approximate surface area is 129 Å². The Morgan fingerprint density at radius 3 is 2.62 bits per heavy atom. The topological polar surface area (TPSA) is 46.5 Å². The molecule has 3 nitrogen and oxygen atoms in total. The molecule has 0 aromatic heterocycles. The molecule has 1 N–H and O–H groups in total. The van der Waals surface area contributed by atoms with Crippen LogP contribution >= 0.6 is 11.8 Å². The van der Waals surface area contributed by atoms with E-state index in [0.717, 1.165) is 17.6 Å². The van der Waals surface area contributed by atoms with Crippen molar-refractivity contribution in [2.24, 2.45) is 0 Å². The summed E-state index contributed by atoms with van der Waals surface area (Å²) in [6.45, 7) is 2.03. The number of ether oxygens (including phenoxy) is 1. The quantitative estimate of drug-likeness (QED) is 0.644. The van der Waals surface area contributed by atoms with E-state index in [9.17, 15) is 9.90 Å². The molecular weight excluding hydrogens is 284 g/mol. The Balaban J connectivity index is 2.18. The maximum Gasteiger partial charge on any atom is 0.161 e. The Hall–Kier alpha value is -1.94. The van der Waals surface area contributed by atoms with Crippen molar-refractivity contribution in [2.75, 3.05) is 12.9 Å². The van der Waals surface area contributed by atoms with Crippen molar-refractivity contribution in [3.63, 3.8) is 0 Å². The van der Waals surface area contributed by atoms with E-state index in [0.29, 0.717) is 11.3 Å². The smallest absolute Gasteiger partial charge is 0.161 e. The number of rotatable bonds is 6. The van der Waals surface area contributed by atoms with Crippen LogP contribution in [0.4, 0.5) is 0 Å². The molecule has 0 saturated carbocycles. The highest BCUT2D eigenvalue weighted by atomic mass is 32.2. The molecule has 4 heteroatoms. The van der Waals surface area contributed by atoms with Crippen LogP contribution in [0.15, 0.2) is 47.4 Å². The summed E-state index contributed by atoms with van der Waals surface area (Å²) >= 11 is 1.72. The number of aromatic hydroxyl groups is 1. The molecule has 0 amide bonds. The van der Waals surface area contributed by atoms with Crippen LogP contribution in [0.5, 0.6) is 11.5 Å². The van der Waals surface area contributed by atoms with Crippen LogP contribution in [0.25, 0.3) is 0 Å². The summed E-state index contributed by atoms with van der Waals surface area (Å²) in [7, 11) is 1.48. The van der Waals surface area contributed by atoms with Gasteiger partial charge in [-0.05, 0) is 30.2 Å². The van der Waals surface area contributed by atoms with E-state index in [1.54, 1.807) is 23.9 Å². The highest BCUT2D eigenvalue weighted by Gasteiger charge is 2.16. The fraction of sp³-hybridized carbons (Fsp3) is 0.235. The van der Waals surface area contributed by atoms with Crippen LogP contribution in [-0.4, -0.2) is 24.3 Å². The average Bonchev–Trinajstić information content (AvgIpc) is 2.53. The summed E-state index contributed by atoms with van der Waals surface area (Å²) in [5, 5.41) is 10.2. The van der Waals surface area contributed by atoms with E-state index < -0.39 is 0 Å². The molecule has 0 fully saturated rings. The van der Waals surface area contributed by atoms with E-state index in [2.05, 4.69) is 12.1 Å². The lowest BCUT2D eigenvalue weighted by Gasteiger charge is -2.16. The van der Waals surface area contributed by atoms with Gasteiger partial charge in [-0.2, -0.15) is 0 Å². The van der Waals surface area contributed by atoms with E-state index >= 15 is 0 Å². The molecule has 0 aliphatic heterocycles. The average molecular weight is 302 g/mol. The summed E-state index contributed by atoms with van der Waals surface area (Å²) in [5.74, 6) is 1.36. The molecule has 0 aliphatic carbocycles. The van der Waals surface area contributed by atoms with Crippen LogP contribution in [0, 0.1) is 0 Å². The Kier molecular flexibility index (Phi) is 5.28. The van der Waals surface area contributed by atoms with E-state index in [1.165, 1.54) is 12.0 Å². The van der Waals surface area contributed by atoms with Crippen molar-refractivity contribution < 1.29 is 14.6 Å². The highest BCUT2D eigenvalue weighted by Crippen LogP contribution is 2.37. The fourth-order valence-electron chi connectivity index (χ4n) is 2.08. The zero-order valence-electron chi connectivity index (χ0n) is 12.1. The van der Waals surface area contributed by atoms with Crippen LogP contribution in [-0.2, 0) is 0 Å². The maximum absolute atomic E-state index is 11.0. The van der Waals surface area contributed by atoms with E-state index in [-0.39, 0.29) is 11.7 Å². The van der Waals surface area contributed by atoms with Gasteiger partial charge in [0.25, 0.3) is 0 Å². The van der Waals surface area contributed by atoms with Gasteiger partial charge in [0, 0.05) is 21.8 Å². The lowest BCUT2D eigenvalue weighted by molar-refractivity contribution is 0.112. The van der Waals surface area contributed by atoms with Crippen LogP contribution in [0.1, 0.15) is 28.8 Å². The monoisotopic (exact) mass is 302 g/mol. The number of thioether (sulfide) groups is 1. The van der Waals surface area contributed by atoms with Gasteiger partial charge in [0.05, 0.1) is 7.11 Å². The van der Waals surface area contributed by atoms with E-state index in [4.69, 9.17) is 4.74 Å². The van der Waals surface area contributed by atoms with Gasteiger partial charge >= 0.3 is 0 Å². The van der Waals surface area contributed by atoms with Gasteiger partial charge in [0.2, 0.25) is 0 Å². The largest absolute Gasteiger partial charge is 0.504 e. The number of carbonyl (C=O) groups is 1. The molecule has 2 aromatic rings. The standard InChI is InChI=1S/C17H18O3S/c1-12(11-21-14-6-4-3-5-7-14)15-8-13(10-18)9-16(20-2)17(15)19/h3-10,12,19H,11H2,1-2H3. The first kappa shape index (κ1) is 15.4. The third-order valence-electron chi connectivity index (χ3n) is 3.26. The first-order valence-corrected chi connectivity index (χ1v) is 7.68. The molecule has 110 valence electrons. The number of hydrogen-bond acceptors (Lipinski definition) is 4. The third kappa shape index (κ3) is 3.79. The molecule has 0 radical (unpaired) electrons. The first-order chi connectivity index (χ1) is 10.2. The van der Waals surface area contributed by atoms with Gasteiger partial charge in [-0.25, -0.2) is 0 Å². The van der Waals surface area contributed by atoms with Gasteiger partial charge < -0.3 is 9.84 Å². The molecule has 2 aromatic carbocycles. The number of aldehydes is 1. The van der Waals surface area contributed by atoms with Crippen molar-refractivity contribution in [1.29, 1.82) is 0 Å². The maximum atomic E-state index is 11.0. The first-order valence-electron chi connectivity index (χ1n) is 6.69. The zero-order chi connectivity index (χ0) is 15.2. The number of hydrogen-bond donors (Lipinski definition) is 1. The number of phenolic OH excluding ortho intramolecular Hbond substituents is 1. The van der Waals surface area contributed by atoms with Gasteiger partial charge in [-0.15, -0.1) is 11.8 Å². The second-order valence-corrected chi connectivity index (χ2v) is 5.90. The molecule has 1 unspecified atom stereocenters. The Bertz CT molecular complexity index is 611. The molecule has 21 heavy (non-hydrogen) atoms. The molecule has 0 aliphatic rings. The van der Waals surface area contributed by atoms with Crippen molar-refractivity contribution in [1.82, 2.24) is 0 Å². The molecule has 0 heterocycles. The number of methoxy groups -OCH3 is 1. The van der Waals surface area contributed by atoms with Crippen molar-refractivity contribution in [3.8, 4) is 11.5 Å². The van der Waals surface area contributed by atoms with E-state index in [1.807, 2.05) is 25.1 Å². The highest BCUT2D eigenvalue weighted by molar-refractivity contribution is 7.99. The second kappa shape index (κ2) is 7.18. The third-order valence-corrected chi connectivity index (χ3v) is 4.53. The predicted molar refractivity (Wildman–Crippen MR) is 85.6 cm³/mol. The summed E-state index contributed by atoms with van der Waals surface area (Å²) in [4.78, 5) is 12.2. The molecular formula is C17H18O3S. The minimum absolute atomic E-state index is 0.101. The lowest BCUT2D eigenvalue weighted by atomic mass is 9.99. The summed E-state index contributed by atoms with van der Waals surface area (Å²) < 4.78 is 5.13. The van der Waals surface area contributed by atoms with Crippen molar-refractivity contribution in [2.45, 2.75) is 17.7 Å². The second-order valence-electron chi connectivity index (χ2n) is 4.80. The summed E-state index contributed by atoms with van der Waals surface area (Å²) in [6, 6.07) is 13.4. The minimum Gasteiger partial charge on any atom is -0.504 e. The van der Waals surface area contributed by atoms with Gasteiger partial charge in [-0.1, -0.05) is 25.1 Å². The Morgan fingerprint density at radius 2 is 2.00 bits per heavy atom. The minimum atomic E-state index is 0.101. The predicted octanol–water partition coefficient (Wildman–Crippen LogP) is 4.11. The number of benzene rings is 2. The fourth-order valence-corrected chi connectivity index (χ4v) is 3.05. The molecule has 0 spiro atoms. The summed E-state index contributed by atoms with van der Waals surface area (Å²) in [6.07, 6.45) is 0.766. The summed E-state index contributed by atoms with van der Waals surface area (Å²) in [5.41, 5.74) is 1.25.